The molecule has 2 aromatic carbocycles. The molecule has 0 saturated carbocycles. The Morgan fingerprint density at radius 2 is 1.90 bits per heavy atom. The molecule has 0 aliphatic rings. The molecule has 0 spiro atoms. The Kier molecular flexibility index (Phi) is 6.32. The highest BCUT2D eigenvalue weighted by atomic mass is 35.5. The predicted octanol–water partition coefficient (Wildman–Crippen LogP) is 3.10. The molecule has 9 nitrogen and oxygen atoms in total. The summed E-state index contributed by atoms with van der Waals surface area (Å²) in [4.78, 5) is 21.4. The Hall–Kier alpha value is -2.27. The number of sulfonamides is 1. The third kappa shape index (κ3) is 4.89. The topological polar surface area (TPSA) is 131 Å². The average molecular weight is 476 g/mol. The minimum absolute atomic E-state index is 0.0931. The first-order valence-corrected chi connectivity index (χ1v) is 11.8. The zero-order chi connectivity index (χ0) is 22.1. The smallest absolute Gasteiger partial charge is 0.414 e. The van der Waals surface area contributed by atoms with Crippen LogP contribution < -0.4 is 9.23 Å². The number of hydrogen-bond donors (Lipinski definition) is 3. The first kappa shape index (κ1) is 22.4. The minimum atomic E-state index is -5.00. The number of benzene rings is 2. The van der Waals surface area contributed by atoms with Gasteiger partial charge in [-0.2, -0.15) is 0 Å². The van der Waals surface area contributed by atoms with E-state index in [9.17, 15) is 17.4 Å². The van der Waals surface area contributed by atoms with E-state index < -0.39 is 23.6 Å². The number of halogens is 2. The molecule has 1 aromatic heterocycles. The normalized spacial score (nSPS) is 12.2. The van der Waals surface area contributed by atoms with E-state index in [1.165, 1.54) is 39.7 Å². The number of ether oxygens (including phenoxy) is 1. The van der Waals surface area contributed by atoms with Crippen LogP contribution in [0.5, 0.6) is 5.75 Å². The van der Waals surface area contributed by atoms with Gasteiger partial charge in [-0.05, 0) is 49.4 Å². The molecule has 160 valence electrons. The maximum Gasteiger partial charge on any atom is 0.414 e. The van der Waals surface area contributed by atoms with Crippen LogP contribution >= 0.6 is 19.3 Å². The van der Waals surface area contributed by atoms with Crippen LogP contribution in [0.4, 0.5) is 4.39 Å². The highest BCUT2D eigenvalue weighted by molar-refractivity contribution is 7.94. The Labute approximate surface area is 176 Å². The van der Waals surface area contributed by atoms with E-state index in [-0.39, 0.29) is 15.8 Å². The lowest BCUT2D eigenvalue weighted by atomic mass is 10.1. The van der Waals surface area contributed by atoms with Crippen molar-refractivity contribution in [1.82, 2.24) is 14.0 Å². The quantitative estimate of drug-likeness (QED) is 0.447. The Morgan fingerprint density at radius 3 is 2.47 bits per heavy atom. The molecule has 0 amide bonds. The standard InChI is InChI=1S/C17H16ClFN3O6PS/c1-2-28-15-8-3-11(9-14(15)19)16-17(18)20-10-22(16)12-4-6-13(7-5-12)30(26,27)21-29(23,24)25/h3-10H,2H2,1H3,(H3,21,23,24,25). The van der Waals surface area contributed by atoms with Gasteiger partial charge in [0.05, 0.1) is 17.2 Å². The van der Waals surface area contributed by atoms with E-state index in [1.807, 2.05) is 0 Å². The predicted molar refractivity (Wildman–Crippen MR) is 108 cm³/mol. The number of rotatable bonds is 7. The molecular formula is C17H16ClFN3O6PS. The fraction of sp³-hybridized carbons (Fsp3) is 0.118. The highest BCUT2D eigenvalue weighted by Crippen LogP contribution is 2.34. The second-order valence-corrected chi connectivity index (χ2v) is 9.62. The number of imidazole rings is 1. The van der Waals surface area contributed by atoms with Crippen LogP contribution in [0.25, 0.3) is 16.9 Å². The van der Waals surface area contributed by atoms with Gasteiger partial charge in [-0.25, -0.2) is 22.4 Å². The SMILES string of the molecule is CCOc1ccc(-c2c(Cl)ncn2-c2ccc(S(=O)(=O)NP(=O)(O)O)cc2)cc1F. The molecule has 3 N–H and O–H groups in total. The summed E-state index contributed by atoms with van der Waals surface area (Å²) < 4.78 is 57.2. The van der Waals surface area contributed by atoms with Crippen molar-refractivity contribution >= 4 is 29.4 Å². The zero-order valence-corrected chi connectivity index (χ0v) is 17.8. The molecule has 0 aliphatic heterocycles. The van der Waals surface area contributed by atoms with Gasteiger partial charge >= 0.3 is 7.75 Å². The second-order valence-electron chi connectivity index (χ2n) is 5.96. The minimum Gasteiger partial charge on any atom is -0.491 e. The number of nitrogens with zero attached hydrogens (tertiary/aromatic N) is 2. The van der Waals surface area contributed by atoms with Gasteiger partial charge in [-0.15, -0.1) is 4.49 Å². The largest absolute Gasteiger partial charge is 0.491 e. The summed E-state index contributed by atoms with van der Waals surface area (Å²) in [5.74, 6) is -0.487. The number of nitrogens with one attached hydrogen (secondary N) is 1. The Balaban J connectivity index is 1.99. The van der Waals surface area contributed by atoms with Gasteiger partial charge < -0.3 is 14.5 Å². The van der Waals surface area contributed by atoms with Gasteiger partial charge in [-0.1, -0.05) is 11.6 Å². The van der Waals surface area contributed by atoms with Crippen LogP contribution in [-0.2, 0) is 14.6 Å². The average Bonchev–Trinajstić information content (AvgIpc) is 3.03. The van der Waals surface area contributed by atoms with Crippen LogP contribution in [0.1, 0.15) is 6.92 Å². The lowest BCUT2D eigenvalue weighted by Gasteiger charge is -2.12. The van der Waals surface area contributed by atoms with E-state index in [4.69, 9.17) is 26.1 Å². The highest BCUT2D eigenvalue weighted by Gasteiger charge is 2.25. The van der Waals surface area contributed by atoms with E-state index in [2.05, 4.69) is 4.98 Å². The molecule has 0 aliphatic carbocycles. The fourth-order valence-corrected chi connectivity index (χ4v) is 5.11. The summed E-state index contributed by atoms with van der Waals surface area (Å²) in [5, 5.41) is 0.0958. The summed E-state index contributed by atoms with van der Waals surface area (Å²) >= 11 is 6.18. The first-order chi connectivity index (χ1) is 14.0. The Morgan fingerprint density at radius 1 is 1.23 bits per heavy atom. The molecule has 0 atom stereocenters. The monoisotopic (exact) mass is 475 g/mol. The van der Waals surface area contributed by atoms with Crippen molar-refractivity contribution in [3.63, 3.8) is 0 Å². The maximum atomic E-state index is 14.3. The molecule has 3 aromatic rings. The van der Waals surface area contributed by atoms with Crippen molar-refractivity contribution < 1.29 is 31.9 Å². The first-order valence-electron chi connectivity index (χ1n) is 8.37. The molecule has 0 bridgehead atoms. The molecular weight excluding hydrogens is 460 g/mol. The second kappa shape index (κ2) is 8.46. The van der Waals surface area contributed by atoms with Crippen LogP contribution in [0.2, 0.25) is 5.15 Å². The van der Waals surface area contributed by atoms with Crippen molar-refractivity contribution in [1.29, 1.82) is 0 Å². The third-order valence-electron chi connectivity index (χ3n) is 3.89. The molecule has 1 heterocycles. The van der Waals surface area contributed by atoms with Crippen molar-refractivity contribution in [2.45, 2.75) is 11.8 Å². The van der Waals surface area contributed by atoms with Gasteiger partial charge in [0, 0.05) is 11.3 Å². The van der Waals surface area contributed by atoms with Gasteiger partial charge in [-0.3, -0.25) is 4.57 Å². The summed E-state index contributed by atoms with van der Waals surface area (Å²) in [6.07, 6.45) is 1.38. The summed E-state index contributed by atoms with van der Waals surface area (Å²) in [5.41, 5.74) is 1.22. The zero-order valence-electron chi connectivity index (χ0n) is 15.4. The fourth-order valence-electron chi connectivity index (χ4n) is 2.70. The van der Waals surface area contributed by atoms with Crippen LogP contribution in [0.3, 0.4) is 0 Å². The molecule has 13 heteroatoms. The molecule has 0 saturated heterocycles. The van der Waals surface area contributed by atoms with E-state index >= 15 is 0 Å². The van der Waals surface area contributed by atoms with E-state index in [0.717, 1.165) is 12.1 Å². The third-order valence-corrected chi connectivity index (χ3v) is 6.97. The van der Waals surface area contributed by atoms with Crippen molar-refractivity contribution in [2.75, 3.05) is 6.61 Å². The molecule has 0 fully saturated rings. The van der Waals surface area contributed by atoms with Crippen LogP contribution in [0, 0.1) is 5.82 Å². The summed E-state index contributed by atoms with van der Waals surface area (Å²) in [7, 11) is -9.41. The number of aromatic nitrogens is 2. The van der Waals surface area contributed by atoms with Crippen molar-refractivity contribution in [3.05, 3.63) is 59.8 Å². The summed E-state index contributed by atoms with van der Waals surface area (Å²) in [6.45, 7) is 2.04. The van der Waals surface area contributed by atoms with Gasteiger partial charge in [0.25, 0.3) is 0 Å². The lowest BCUT2D eigenvalue weighted by molar-refractivity contribution is 0.321. The Bertz CT molecular complexity index is 1230. The molecule has 30 heavy (non-hydrogen) atoms. The van der Waals surface area contributed by atoms with Crippen molar-refractivity contribution in [3.8, 4) is 22.7 Å². The molecule has 0 unspecified atom stereocenters. The van der Waals surface area contributed by atoms with E-state index in [1.54, 1.807) is 13.0 Å². The molecule has 3 rings (SSSR count). The van der Waals surface area contributed by atoms with E-state index in [0.29, 0.717) is 23.6 Å². The van der Waals surface area contributed by atoms with Crippen molar-refractivity contribution in [2.24, 2.45) is 0 Å². The van der Waals surface area contributed by atoms with Gasteiger partial charge in [0.1, 0.15) is 6.33 Å². The molecule has 0 radical (unpaired) electrons. The van der Waals surface area contributed by atoms with Gasteiger partial charge in [0.15, 0.2) is 16.7 Å². The lowest BCUT2D eigenvalue weighted by Crippen LogP contribution is -2.20. The maximum absolute atomic E-state index is 14.3. The number of hydrogen-bond acceptors (Lipinski definition) is 5. The summed E-state index contributed by atoms with van der Waals surface area (Å²) in [6, 6.07) is 9.41. The van der Waals surface area contributed by atoms with Gasteiger partial charge in [0.2, 0.25) is 10.0 Å². The van der Waals surface area contributed by atoms with Crippen LogP contribution in [0.15, 0.2) is 53.7 Å². The van der Waals surface area contributed by atoms with Crippen LogP contribution in [-0.4, -0.2) is 34.4 Å².